The van der Waals surface area contributed by atoms with Gasteiger partial charge in [-0.3, -0.25) is 14.3 Å². The molecule has 1 spiro atoms. The van der Waals surface area contributed by atoms with Crippen LogP contribution in [0.15, 0.2) is 24.9 Å². The van der Waals surface area contributed by atoms with E-state index in [1.54, 1.807) is 30.1 Å². The molecule has 1 aromatic heterocycles. The minimum absolute atomic E-state index is 0.0293. The highest BCUT2D eigenvalue weighted by molar-refractivity contribution is 5.92. The van der Waals surface area contributed by atoms with Crippen molar-refractivity contribution in [2.75, 3.05) is 19.6 Å². The number of nitrogens with zero attached hydrogens (tertiary/aromatic N) is 4. The first-order chi connectivity index (χ1) is 11.1. The largest absolute Gasteiger partial charge is 0.337 e. The second-order valence-corrected chi connectivity index (χ2v) is 6.50. The van der Waals surface area contributed by atoms with Gasteiger partial charge >= 0.3 is 0 Å². The number of carbonyl (C=O) groups excluding carboxylic acids is 2. The van der Waals surface area contributed by atoms with E-state index in [2.05, 4.69) is 11.7 Å². The zero-order valence-electron chi connectivity index (χ0n) is 13.7. The number of rotatable bonds is 3. The summed E-state index contributed by atoms with van der Waals surface area (Å²) in [4.78, 5) is 28.7. The average Bonchev–Trinajstić information content (AvgIpc) is 3.00. The third-order valence-corrected chi connectivity index (χ3v) is 5.23. The topological polar surface area (TPSA) is 58.4 Å². The number of likely N-dealkylation sites (tertiary alicyclic amines) is 2. The number of hydrogen-bond acceptors (Lipinski definition) is 3. The lowest BCUT2D eigenvalue weighted by Gasteiger charge is -2.37. The maximum Gasteiger partial charge on any atom is 0.272 e. The molecular formula is C17H24N4O2. The van der Waals surface area contributed by atoms with Crippen LogP contribution >= 0.6 is 0 Å². The Morgan fingerprint density at radius 1 is 1.39 bits per heavy atom. The normalized spacial score (nSPS) is 25.0. The Morgan fingerprint density at radius 3 is 2.91 bits per heavy atom. The molecule has 3 rings (SSSR count). The van der Waals surface area contributed by atoms with Crippen LogP contribution in [0.3, 0.4) is 0 Å². The molecule has 2 aliphatic heterocycles. The smallest absolute Gasteiger partial charge is 0.272 e. The van der Waals surface area contributed by atoms with E-state index in [0.29, 0.717) is 25.2 Å². The molecule has 3 heterocycles. The van der Waals surface area contributed by atoms with Crippen LogP contribution in [0.2, 0.25) is 0 Å². The van der Waals surface area contributed by atoms with Gasteiger partial charge in [-0.25, -0.2) is 0 Å². The summed E-state index contributed by atoms with van der Waals surface area (Å²) < 4.78 is 1.62. The zero-order valence-corrected chi connectivity index (χ0v) is 13.7. The molecule has 2 fully saturated rings. The molecule has 1 atom stereocenters. The SMILES string of the molecule is C=CCN1C(=O)CCC12CCCN(C(=O)c1ccnn1C)CC2. The van der Waals surface area contributed by atoms with E-state index in [1.165, 1.54) is 0 Å². The Labute approximate surface area is 136 Å². The van der Waals surface area contributed by atoms with E-state index in [-0.39, 0.29) is 17.4 Å². The Hall–Kier alpha value is -2.11. The second kappa shape index (κ2) is 6.18. The highest BCUT2D eigenvalue weighted by atomic mass is 16.2. The molecule has 2 amide bonds. The molecule has 0 saturated carbocycles. The minimum Gasteiger partial charge on any atom is -0.337 e. The van der Waals surface area contributed by atoms with Crippen LogP contribution < -0.4 is 0 Å². The summed E-state index contributed by atoms with van der Waals surface area (Å²) in [6, 6.07) is 1.76. The van der Waals surface area contributed by atoms with Crippen molar-refractivity contribution in [1.29, 1.82) is 0 Å². The minimum atomic E-state index is -0.0905. The third kappa shape index (κ3) is 2.78. The van der Waals surface area contributed by atoms with Gasteiger partial charge < -0.3 is 9.80 Å². The summed E-state index contributed by atoms with van der Waals surface area (Å²) in [6.07, 6.45) is 7.68. The van der Waals surface area contributed by atoms with Gasteiger partial charge in [0.25, 0.3) is 5.91 Å². The van der Waals surface area contributed by atoms with Crippen LogP contribution in [0.5, 0.6) is 0 Å². The fourth-order valence-corrected chi connectivity index (χ4v) is 3.95. The molecule has 6 heteroatoms. The quantitative estimate of drug-likeness (QED) is 0.796. The van der Waals surface area contributed by atoms with Gasteiger partial charge in [0.1, 0.15) is 5.69 Å². The maximum atomic E-state index is 12.7. The first-order valence-electron chi connectivity index (χ1n) is 8.26. The van der Waals surface area contributed by atoms with Gasteiger partial charge in [0.05, 0.1) is 0 Å². The van der Waals surface area contributed by atoms with E-state index >= 15 is 0 Å². The third-order valence-electron chi connectivity index (χ3n) is 5.23. The predicted octanol–water partition coefficient (Wildman–Crippen LogP) is 1.59. The van der Waals surface area contributed by atoms with E-state index in [1.807, 2.05) is 9.80 Å². The average molecular weight is 316 g/mol. The van der Waals surface area contributed by atoms with Crippen LogP contribution in [0.1, 0.15) is 42.6 Å². The summed E-state index contributed by atoms with van der Waals surface area (Å²) >= 11 is 0. The van der Waals surface area contributed by atoms with E-state index in [9.17, 15) is 9.59 Å². The number of amides is 2. The van der Waals surface area contributed by atoms with Crippen molar-refractivity contribution in [2.24, 2.45) is 7.05 Å². The highest BCUT2D eigenvalue weighted by Crippen LogP contribution is 2.39. The van der Waals surface area contributed by atoms with Crippen LogP contribution in [0, 0.1) is 0 Å². The molecule has 0 aromatic carbocycles. The fourth-order valence-electron chi connectivity index (χ4n) is 3.95. The molecule has 2 aliphatic rings. The first-order valence-corrected chi connectivity index (χ1v) is 8.26. The summed E-state index contributed by atoms with van der Waals surface area (Å²) in [5.41, 5.74) is 0.527. The van der Waals surface area contributed by atoms with Gasteiger partial charge in [0.15, 0.2) is 0 Å². The number of aryl methyl sites for hydroxylation is 1. The number of aromatic nitrogens is 2. The predicted molar refractivity (Wildman–Crippen MR) is 86.8 cm³/mol. The summed E-state index contributed by atoms with van der Waals surface area (Å²) in [7, 11) is 1.79. The van der Waals surface area contributed by atoms with Gasteiger partial charge in [-0.15, -0.1) is 6.58 Å². The lowest BCUT2D eigenvalue weighted by Crippen LogP contribution is -2.46. The molecule has 23 heavy (non-hydrogen) atoms. The van der Waals surface area contributed by atoms with Crippen molar-refractivity contribution < 1.29 is 9.59 Å². The molecule has 0 aliphatic carbocycles. The van der Waals surface area contributed by atoms with Crippen LogP contribution in [-0.2, 0) is 11.8 Å². The van der Waals surface area contributed by atoms with Crippen LogP contribution in [0.25, 0.3) is 0 Å². The van der Waals surface area contributed by atoms with E-state index in [4.69, 9.17) is 0 Å². The monoisotopic (exact) mass is 316 g/mol. The van der Waals surface area contributed by atoms with Gasteiger partial charge in [-0.1, -0.05) is 6.08 Å². The standard InChI is InChI=1S/C17H24N4O2/c1-3-11-21-15(22)5-8-17(21)7-4-12-20(13-9-17)16(23)14-6-10-18-19(14)2/h3,6,10H,1,4-5,7-9,11-13H2,2H3. The Bertz CT molecular complexity index is 624. The first kappa shape index (κ1) is 15.8. The van der Waals surface area contributed by atoms with Gasteiger partial charge in [-0.2, -0.15) is 5.10 Å². The van der Waals surface area contributed by atoms with Crippen molar-refractivity contribution in [1.82, 2.24) is 19.6 Å². The van der Waals surface area contributed by atoms with Crippen molar-refractivity contribution in [2.45, 2.75) is 37.6 Å². The van der Waals surface area contributed by atoms with Crippen molar-refractivity contribution >= 4 is 11.8 Å². The molecule has 2 saturated heterocycles. The Morgan fingerprint density at radius 2 is 2.22 bits per heavy atom. The maximum absolute atomic E-state index is 12.7. The molecule has 6 nitrogen and oxygen atoms in total. The van der Waals surface area contributed by atoms with Gasteiger partial charge in [-0.05, 0) is 31.7 Å². The summed E-state index contributed by atoms with van der Waals surface area (Å²) in [5, 5.41) is 4.08. The number of carbonyl (C=O) groups is 2. The van der Waals surface area contributed by atoms with E-state index in [0.717, 1.165) is 32.2 Å². The zero-order chi connectivity index (χ0) is 16.4. The summed E-state index contributed by atoms with van der Waals surface area (Å²) in [6.45, 7) is 5.81. The molecule has 124 valence electrons. The van der Waals surface area contributed by atoms with Crippen LogP contribution in [-0.4, -0.2) is 56.6 Å². The fraction of sp³-hybridized carbons (Fsp3) is 0.588. The van der Waals surface area contributed by atoms with Gasteiger partial charge in [0.2, 0.25) is 5.91 Å². The lowest BCUT2D eigenvalue weighted by atomic mass is 9.87. The van der Waals surface area contributed by atoms with Crippen molar-refractivity contribution in [3.05, 3.63) is 30.6 Å². The highest BCUT2D eigenvalue weighted by Gasteiger charge is 2.45. The van der Waals surface area contributed by atoms with Crippen molar-refractivity contribution in [3.63, 3.8) is 0 Å². The molecule has 0 bridgehead atoms. The van der Waals surface area contributed by atoms with E-state index < -0.39 is 0 Å². The summed E-state index contributed by atoms with van der Waals surface area (Å²) in [5.74, 6) is 0.248. The second-order valence-electron chi connectivity index (χ2n) is 6.50. The van der Waals surface area contributed by atoms with Crippen molar-refractivity contribution in [3.8, 4) is 0 Å². The lowest BCUT2D eigenvalue weighted by molar-refractivity contribution is -0.130. The Kier molecular flexibility index (Phi) is 4.24. The van der Waals surface area contributed by atoms with Gasteiger partial charge in [0, 0.05) is 44.8 Å². The molecule has 0 N–H and O–H groups in total. The number of hydrogen-bond donors (Lipinski definition) is 0. The van der Waals surface area contributed by atoms with Crippen LogP contribution in [0.4, 0.5) is 0 Å². The Balaban J connectivity index is 1.74. The molecule has 1 unspecified atom stereocenters. The molecule has 0 radical (unpaired) electrons. The molecular weight excluding hydrogens is 292 g/mol. The molecule has 1 aromatic rings.